The van der Waals surface area contributed by atoms with Crippen molar-refractivity contribution in [1.82, 2.24) is 0 Å². The van der Waals surface area contributed by atoms with Crippen LogP contribution in [0.3, 0.4) is 0 Å². The molecule has 0 unspecified atom stereocenters. The number of esters is 1. The van der Waals surface area contributed by atoms with Crippen LogP contribution in [0.25, 0.3) is 0 Å². The molecular weight excluding hydrogens is 476 g/mol. The van der Waals surface area contributed by atoms with Crippen molar-refractivity contribution < 1.29 is 23.9 Å². The molecule has 0 spiro atoms. The third-order valence-electron chi connectivity index (χ3n) is 3.91. The molecule has 9 heteroatoms. The normalized spacial score (nSPS) is 10.3. The molecule has 0 radical (unpaired) electrons. The summed E-state index contributed by atoms with van der Waals surface area (Å²) in [5.74, 6) is -0.764. The van der Waals surface area contributed by atoms with Crippen molar-refractivity contribution in [1.29, 1.82) is 0 Å². The second-order valence-corrected chi connectivity index (χ2v) is 7.56. The molecule has 2 rings (SSSR count). The van der Waals surface area contributed by atoms with Crippen LogP contribution in [-0.2, 0) is 19.1 Å². The van der Waals surface area contributed by atoms with Crippen LogP contribution in [0.4, 0.5) is 11.4 Å². The summed E-state index contributed by atoms with van der Waals surface area (Å²) in [6, 6.07) is 10.3. The fourth-order valence-corrected chi connectivity index (χ4v) is 3.05. The first-order valence-corrected chi connectivity index (χ1v) is 10.4. The molecule has 2 amide bonds. The average Bonchev–Trinajstić information content (AvgIpc) is 2.70. The van der Waals surface area contributed by atoms with Gasteiger partial charge in [-0.05, 0) is 71.7 Å². The van der Waals surface area contributed by atoms with Crippen molar-refractivity contribution >= 4 is 56.7 Å². The van der Waals surface area contributed by atoms with E-state index in [4.69, 9.17) is 21.1 Å². The fraction of sp³-hybridized carbons (Fsp3) is 0.286. The molecule has 0 heterocycles. The second-order valence-electron chi connectivity index (χ2n) is 6.30. The number of anilines is 2. The summed E-state index contributed by atoms with van der Waals surface area (Å²) >= 11 is 9.32. The lowest BCUT2D eigenvalue weighted by atomic mass is 10.2. The zero-order valence-corrected chi connectivity index (χ0v) is 18.9. The molecule has 0 aliphatic rings. The topological polar surface area (TPSA) is 93.7 Å². The SMILES string of the molecule is CCOc1ccc(NC(=O)CCC(=O)OCC(=O)Nc2cc(Cl)c(Br)cc2C)cc1. The Labute approximate surface area is 188 Å². The van der Waals surface area contributed by atoms with Crippen molar-refractivity contribution in [2.75, 3.05) is 23.8 Å². The van der Waals surface area contributed by atoms with Gasteiger partial charge in [0, 0.05) is 22.3 Å². The van der Waals surface area contributed by atoms with E-state index < -0.39 is 18.5 Å². The van der Waals surface area contributed by atoms with Crippen molar-refractivity contribution in [3.05, 3.63) is 51.5 Å². The number of carbonyl (C=O) groups is 3. The van der Waals surface area contributed by atoms with E-state index in [0.717, 1.165) is 10.0 Å². The van der Waals surface area contributed by atoms with Crippen LogP contribution in [0.5, 0.6) is 5.75 Å². The third-order valence-corrected chi connectivity index (χ3v) is 5.11. The molecule has 0 aliphatic carbocycles. The molecule has 0 bridgehead atoms. The highest BCUT2D eigenvalue weighted by atomic mass is 79.9. The minimum Gasteiger partial charge on any atom is -0.494 e. The summed E-state index contributed by atoms with van der Waals surface area (Å²) in [5.41, 5.74) is 1.93. The number of benzene rings is 2. The van der Waals surface area contributed by atoms with Gasteiger partial charge in [-0.2, -0.15) is 0 Å². The van der Waals surface area contributed by atoms with E-state index >= 15 is 0 Å². The van der Waals surface area contributed by atoms with Gasteiger partial charge >= 0.3 is 5.97 Å². The number of nitrogens with one attached hydrogen (secondary N) is 2. The number of hydrogen-bond donors (Lipinski definition) is 2. The van der Waals surface area contributed by atoms with Gasteiger partial charge in [0.1, 0.15) is 5.75 Å². The van der Waals surface area contributed by atoms with E-state index in [1.54, 1.807) is 36.4 Å². The molecule has 160 valence electrons. The number of rotatable bonds is 9. The Kier molecular flexibility index (Phi) is 9.14. The second kappa shape index (κ2) is 11.6. The Hall–Kier alpha value is -2.58. The first-order valence-electron chi connectivity index (χ1n) is 9.22. The van der Waals surface area contributed by atoms with Gasteiger partial charge < -0.3 is 20.1 Å². The largest absolute Gasteiger partial charge is 0.494 e. The predicted molar refractivity (Wildman–Crippen MR) is 119 cm³/mol. The van der Waals surface area contributed by atoms with Gasteiger partial charge in [-0.3, -0.25) is 14.4 Å². The van der Waals surface area contributed by atoms with Crippen LogP contribution in [0, 0.1) is 6.92 Å². The molecule has 2 aromatic rings. The molecule has 0 aliphatic heterocycles. The van der Waals surface area contributed by atoms with Crippen LogP contribution in [0.1, 0.15) is 25.3 Å². The quantitative estimate of drug-likeness (QED) is 0.489. The standard InChI is InChI=1S/C21H22BrClN2O5/c1-3-29-15-6-4-14(5-7-15)24-19(26)8-9-21(28)30-12-20(27)25-18-11-17(23)16(22)10-13(18)2/h4-7,10-11H,3,8-9,12H2,1-2H3,(H,24,26)(H,25,27). The lowest BCUT2D eigenvalue weighted by Crippen LogP contribution is -2.22. The maximum absolute atomic E-state index is 12.0. The molecule has 0 saturated heterocycles. The number of halogens is 2. The Morgan fingerprint density at radius 2 is 1.73 bits per heavy atom. The summed E-state index contributed by atoms with van der Waals surface area (Å²) in [6.45, 7) is 3.80. The molecule has 0 atom stereocenters. The van der Waals surface area contributed by atoms with Gasteiger partial charge in [-0.1, -0.05) is 11.6 Å². The van der Waals surface area contributed by atoms with Crippen LogP contribution in [0.2, 0.25) is 5.02 Å². The molecule has 0 aromatic heterocycles. The lowest BCUT2D eigenvalue weighted by Gasteiger charge is -2.10. The van der Waals surface area contributed by atoms with Crippen LogP contribution in [-0.4, -0.2) is 31.0 Å². The highest BCUT2D eigenvalue weighted by Gasteiger charge is 2.12. The van der Waals surface area contributed by atoms with E-state index in [-0.39, 0.29) is 18.7 Å². The Bertz CT molecular complexity index is 918. The van der Waals surface area contributed by atoms with E-state index in [1.807, 2.05) is 13.8 Å². The van der Waals surface area contributed by atoms with E-state index in [0.29, 0.717) is 28.8 Å². The highest BCUT2D eigenvalue weighted by molar-refractivity contribution is 9.10. The summed E-state index contributed by atoms with van der Waals surface area (Å²) in [4.78, 5) is 35.8. The predicted octanol–water partition coefficient (Wildman–Crippen LogP) is 4.71. The molecule has 7 nitrogen and oxygen atoms in total. The minimum atomic E-state index is -0.641. The third kappa shape index (κ3) is 7.68. The Balaban J connectivity index is 1.72. The number of ether oxygens (including phenoxy) is 2. The maximum atomic E-state index is 12.0. The maximum Gasteiger partial charge on any atom is 0.306 e. The molecule has 0 saturated carbocycles. The van der Waals surface area contributed by atoms with Gasteiger partial charge in [-0.15, -0.1) is 0 Å². The summed E-state index contributed by atoms with van der Waals surface area (Å²) in [7, 11) is 0. The smallest absolute Gasteiger partial charge is 0.306 e. The fourth-order valence-electron chi connectivity index (χ4n) is 2.43. The Morgan fingerprint density at radius 1 is 1.03 bits per heavy atom. The van der Waals surface area contributed by atoms with Crippen molar-refractivity contribution in [2.45, 2.75) is 26.7 Å². The monoisotopic (exact) mass is 496 g/mol. The molecule has 2 aromatic carbocycles. The average molecular weight is 498 g/mol. The van der Waals surface area contributed by atoms with Crippen LogP contribution < -0.4 is 15.4 Å². The molecular formula is C21H22BrClN2O5. The number of hydrogen-bond acceptors (Lipinski definition) is 5. The highest BCUT2D eigenvalue weighted by Crippen LogP contribution is 2.28. The summed E-state index contributed by atoms with van der Waals surface area (Å²) in [5, 5.41) is 5.77. The van der Waals surface area contributed by atoms with Gasteiger partial charge in [0.05, 0.1) is 18.1 Å². The van der Waals surface area contributed by atoms with E-state index in [2.05, 4.69) is 26.6 Å². The van der Waals surface area contributed by atoms with Crippen LogP contribution in [0.15, 0.2) is 40.9 Å². The van der Waals surface area contributed by atoms with Gasteiger partial charge in [0.15, 0.2) is 6.61 Å². The van der Waals surface area contributed by atoms with Gasteiger partial charge in [-0.25, -0.2) is 0 Å². The summed E-state index contributed by atoms with van der Waals surface area (Å²) in [6.07, 6.45) is -0.200. The van der Waals surface area contributed by atoms with Gasteiger partial charge in [0.25, 0.3) is 5.91 Å². The Morgan fingerprint density at radius 3 is 2.40 bits per heavy atom. The first-order chi connectivity index (χ1) is 14.3. The van der Waals surface area contributed by atoms with E-state index in [9.17, 15) is 14.4 Å². The van der Waals surface area contributed by atoms with Crippen molar-refractivity contribution in [3.63, 3.8) is 0 Å². The zero-order chi connectivity index (χ0) is 22.1. The van der Waals surface area contributed by atoms with E-state index in [1.165, 1.54) is 0 Å². The number of carbonyl (C=O) groups excluding carboxylic acids is 3. The summed E-state index contributed by atoms with van der Waals surface area (Å²) < 4.78 is 11.0. The van der Waals surface area contributed by atoms with Crippen LogP contribution >= 0.6 is 27.5 Å². The molecule has 30 heavy (non-hydrogen) atoms. The zero-order valence-electron chi connectivity index (χ0n) is 16.6. The van der Waals surface area contributed by atoms with Gasteiger partial charge in [0.2, 0.25) is 5.91 Å². The van der Waals surface area contributed by atoms with Crippen molar-refractivity contribution in [2.24, 2.45) is 0 Å². The van der Waals surface area contributed by atoms with Crippen molar-refractivity contribution in [3.8, 4) is 5.75 Å². The number of amides is 2. The molecule has 0 fully saturated rings. The molecule has 2 N–H and O–H groups in total. The first kappa shape index (κ1) is 23.7. The number of aryl methyl sites for hydroxylation is 1. The lowest BCUT2D eigenvalue weighted by molar-refractivity contribution is -0.147. The minimum absolute atomic E-state index is 0.0604.